The molecule has 0 fully saturated rings. The number of aromatic nitrogens is 4. The van der Waals surface area contributed by atoms with E-state index >= 15 is 0 Å². The van der Waals surface area contributed by atoms with E-state index in [9.17, 15) is 4.79 Å². The number of nitrogen functional groups attached to an aromatic ring is 1. The number of benzene rings is 1. The van der Waals surface area contributed by atoms with Crippen molar-refractivity contribution < 1.29 is 28.3 Å². The van der Waals surface area contributed by atoms with Crippen LogP contribution >= 0.6 is 8.30 Å². The summed E-state index contributed by atoms with van der Waals surface area (Å²) in [5.41, 5.74) is 7.02. The van der Waals surface area contributed by atoms with Crippen LogP contribution in [0.25, 0.3) is 11.2 Å². The van der Waals surface area contributed by atoms with Gasteiger partial charge in [-0.05, 0) is 38.1 Å². The van der Waals surface area contributed by atoms with Crippen molar-refractivity contribution in [3.05, 3.63) is 36.9 Å². The Morgan fingerprint density at radius 1 is 1.11 bits per heavy atom. The first-order chi connectivity index (χ1) is 17.9. The highest BCUT2D eigenvalue weighted by molar-refractivity contribution is 7.50. The molecule has 3 aromatic rings. The van der Waals surface area contributed by atoms with Crippen LogP contribution in [0.3, 0.4) is 0 Å². The molecule has 0 saturated carbocycles. The van der Waals surface area contributed by atoms with E-state index in [-0.39, 0.29) is 19.1 Å². The van der Waals surface area contributed by atoms with Crippen LogP contribution in [0.15, 0.2) is 36.9 Å². The first kappa shape index (κ1) is 30.2. The van der Waals surface area contributed by atoms with Crippen LogP contribution in [0.4, 0.5) is 5.82 Å². The zero-order chi connectivity index (χ0) is 27.2. The topological polar surface area (TPSA) is 145 Å². The Hall–Kier alpha value is -3.05. The molecule has 0 aliphatic heterocycles. The van der Waals surface area contributed by atoms with E-state index in [1.165, 1.54) is 13.4 Å². The predicted octanol–water partition coefficient (Wildman–Crippen LogP) is 3.36. The van der Waals surface area contributed by atoms with Crippen molar-refractivity contribution in [2.45, 2.75) is 46.4 Å². The number of nitrogens with one attached hydrogen (secondary N) is 1. The number of hydrogen-bond donors (Lipinski definition) is 2. The molecule has 1 aromatic carbocycles. The number of nitrogens with zero attached hydrogens (tertiary/aromatic N) is 4. The van der Waals surface area contributed by atoms with Crippen LogP contribution in [0.5, 0.6) is 11.5 Å². The fourth-order valence-corrected chi connectivity index (χ4v) is 4.42. The summed E-state index contributed by atoms with van der Waals surface area (Å²) in [5, 5.41) is 3.20. The lowest BCUT2D eigenvalue weighted by atomic mass is 10.3. The Labute approximate surface area is 218 Å². The molecule has 0 aliphatic carbocycles. The van der Waals surface area contributed by atoms with Gasteiger partial charge in [0.05, 0.1) is 32.8 Å². The Morgan fingerprint density at radius 3 is 2.46 bits per heavy atom. The molecule has 0 saturated heterocycles. The van der Waals surface area contributed by atoms with Crippen LogP contribution in [-0.4, -0.2) is 71.4 Å². The Morgan fingerprint density at radius 2 is 1.81 bits per heavy atom. The van der Waals surface area contributed by atoms with E-state index in [0.29, 0.717) is 41.6 Å². The van der Waals surface area contributed by atoms with Gasteiger partial charge in [-0.3, -0.25) is 4.79 Å². The Kier molecular flexibility index (Phi) is 13.0. The number of rotatable bonds is 14. The zero-order valence-electron chi connectivity index (χ0n) is 22.2. The number of ether oxygens (including phenoxy) is 4. The van der Waals surface area contributed by atoms with Gasteiger partial charge in [0, 0.05) is 13.7 Å². The molecular weight excluding hydrogens is 499 g/mol. The number of anilines is 1. The number of esters is 1. The number of methoxy groups -OCH3 is 2. The first-order valence-electron chi connectivity index (χ1n) is 12.0. The molecule has 13 heteroatoms. The molecule has 37 heavy (non-hydrogen) atoms. The van der Waals surface area contributed by atoms with Crippen LogP contribution in [0, 0.1) is 0 Å². The van der Waals surface area contributed by atoms with Crippen LogP contribution in [0.2, 0.25) is 0 Å². The first-order valence-corrected chi connectivity index (χ1v) is 13.4. The highest BCUT2D eigenvalue weighted by Crippen LogP contribution is 2.35. The molecule has 204 valence electrons. The van der Waals surface area contributed by atoms with Crippen LogP contribution < -0.4 is 20.1 Å². The average molecular weight is 537 g/mol. The minimum Gasteiger partial charge on any atom is -0.497 e. The molecule has 2 heterocycles. The van der Waals surface area contributed by atoms with Gasteiger partial charge in [0.15, 0.2) is 19.8 Å². The van der Waals surface area contributed by atoms with Crippen molar-refractivity contribution in [3.8, 4) is 11.5 Å². The van der Waals surface area contributed by atoms with Gasteiger partial charge in [0.2, 0.25) is 0 Å². The quantitative estimate of drug-likeness (QED) is 0.178. The van der Waals surface area contributed by atoms with E-state index in [1.807, 2.05) is 18.4 Å². The van der Waals surface area contributed by atoms with Crippen molar-refractivity contribution in [1.82, 2.24) is 24.6 Å². The largest absolute Gasteiger partial charge is 0.497 e. The number of hydrogen-bond acceptors (Lipinski definition) is 11. The third-order valence-electron chi connectivity index (χ3n) is 4.66. The van der Waals surface area contributed by atoms with Crippen molar-refractivity contribution in [2.75, 3.05) is 39.5 Å². The van der Waals surface area contributed by atoms with E-state index in [1.54, 1.807) is 51.6 Å². The SMILES string of the molecule is CC.COCC(NP(COCCn1cnc2c(N)ncnc21)Oc1ccc(OC)cc1)C(=O)OC(C)C. The van der Waals surface area contributed by atoms with Gasteiger partial charge in [-0.1, -0.05) is 13.8 Å². The fourth-order valence-electron chi connectivity index (χ4n) is 3.04. The van der Waals surface area contributed by atoms with E-state index in [0.717, 1.165) is 0 Å². The van der Waals surface area contributed by atoms with Crippen LogP contribution in [0.1, 0.15) is 27.7 Å². The second-order valence-electron chi connectivity index (χ2n) is 7.67. The fraction of sp³-hybridized carbons (Fsp3) is 0.500. The van der Waals surface area contributed by atoms with Crippen molar-refractivity contribution in [1.29, 1.82) is 0 Å². The van der Waals surface area contributed by atoms with Gasteiger partial charge in [-0.15, -0.1) is 0 Å². The molecule has 0 bridgehead atoms. The summed E-state index contributed by atoms with van der Waals surface area (Å²) in [7, 11) is 1.68. The molecule has 3 rings (SSSR count). The number of fused-ring (bicyclic) bond motifs is 1. The average Bonchev–Trinajstić information content (AvgIpc) is 3.31. The lowest BCUT2D eigenvalue weighted by Gasteiger charge is -2.25. The highest BCUT2D eigenvalue weighted by Gasteiger charge is 2.26. The van der Waals surface area contributed by atoms with Gasteiger partial charge in [0.1, 0.15) is 35.7 Å². The number of carbonyl (C=O) groups excluding carboxylic acids is 1. The summed E-state index contributed by atoms with van der Waals surface area (Å²) >= 11 is 0. The zero-order valence-corrected chi connectivity index (χ0v) is 23.1. The third kappa shape index (κ3) is 9.40. The molecule has 0 radical (unpaired) electrons. The summed E-state index contributed by atoms with van der Waals surface area (Å²) in [6, 6.07) is 6.44. The lowest BCUT2D eigenvalue weighted by Crippen LogP contribution is -2.41. The summed E-state index contributed by atoms with van der Waals surface area (Å²) < 4.78 is 29.6. The monoisotopic (exact) mass is 536 g/mol. The maximum Gasteiger partial charge on any atom is 0.326 e. The molecule has 0 amide bonds. The predicted molar refractivity (Wildman–Crippen MR) is 142 cm³/mol. The van der Waals surface area contributed by atoms with Gasteiger partial charge in [-0.2, -0.15) is 0 Å². The van der Waals surface area contributed by atoms with E-state index in [4.69, 9.17) is 29.2 Å². The molecular formula is C24H37N6O6P. The molecule has 2 unspecified atom stereocenters. The number of nitrogens with two attached hydrogens (primary N) is 1. The van der Waals surface area contributed by atoms with Gasteiger partial charge in [0.25, 0.3) is 0 Å². The molecule has 3 N–H and O–H groups in total. The van der Waals surface area contributed by atoms with Crippen molar-refractivity contribution >= 4 is 31.3 Å². The summed E-state index contributed by atoms with van der Waals surface area (Å²) in [6.45, 7) is 8.56. The van der Waals surface area contributed by atoms with E-state index < -0.39 is 20.3 Å². The molecule has 12 nitrogen and oxygen atoms in total. The van der Waals surface area contributed by atoms with Crippen molar-refractivity contribution in [2.24, 2.45) is 0 Å². The maximum atomic E-state index is 12.6. The minimum absolute atomic E-state index is 0.124. The van der Waals surface area contributed by atoms with Crippen LogP contribution in [-0.2, 0) is 25.5 Å². The molecule has 0 spiro atoms. The standard InChI is InChI=1S/C22H31N6O6P.C2H6/c1-15(2)33-22(29)18(11-30-3)27-35(34-17-7-5-16(31-4)6-8-17)14-32-10-9-28-13-26-19-20(23)24-12-25-21(19)28;1-2/h5-8,12-13,15,18,27H,9-11,14H2,1-4H3,(H2,23,24,25);1-2H3. The van der Waals surface area contributed by atoms with E-state index in [2.05, 4.69) is 20.0 Å². The Bertz CT molecular complexity index is 1080. The van der Waals surface area contributed by atoms with Gasteiger partial charge in [-0.25, -0.2) is 20.0 Å². The van der Waals surface area contributed by atoms with Gasteiger partial charge < -0.3 is 33.8 Å². The summed E-state index contributed by atoms with van der Waals surface area (Å²) in [4.78, 5) is 25.0. The van der Waals surface area contributed by atoms with Crippen molar-refractivity contribution in [3.63, 3.8) is 0 Å². The Balaban J connectivity index is 0.00000235. The molecule has 2 aromatic heterocycles. The smallest absolute Gasteiger partial charge is 0.326 e. The molecule has 2 atom stereocenters. The number of imidazole rings is 1. The summed E-state index contributed by atoms with van der Waals surface area (Å²) in [5.74, 6) is 1.22. The van der Waals surface area contributed by atoms with Gasteiger partial charge >= 0.3 is 5.97 Å². The highest BCUT2D eigenvalue weighted by atomic mass is 31.2. The summed E-state index contributed by atoms with van der Waals surface area (Å²) in [6.07, 6.45) is 3.00. The molecule has 0 aliphatic rings. The normalized spacial score (nSPS) is 12.5. The second kappa shape index (κ2) is 15.9. The lowest BCUT2D eigenvalue weighted by molar-refractivity contribution is -0.150. The second-order valence-corrected chi connectivity index (χ2v) is 9.13. The maximum absolute atomic E-state index is 12.6. The number of carbonyl (C=O) groups is 1. The minimum atomic E-state index is -1.43. The third-order valence-corrected chi connectivity index (χ3v) is 6.11.